The summed E-state index contributed by atoms with van der Waals surface area (Å²) < 4.78 is 0. The molecule has 4 rings (SSSR count). The lowest BCUT2D eigenvalue weighted by Crippen LogP contribution is -2.31. The zero-order chi connectivity index (χ0) is 9.23. The normalized spacial score (nSPS) is 53.1. The second kappa shape index (κ2) is 2.35. The highest BCUT2D eigenvalue weighted by molar-refractivity contribution is 5.27. The molecule has 2 saturated carbocycles. The van der Waals surface area contributed by atoms with Gasteiger partial charge in [-0.3, -0.25) is 4.90 Å². The predicted molar refractivity (Wildman–Crippen MR) is 55.7 cm³/mol. The van der Waals surface area contributed by atoms with Gasteiger partial charge in [0.05, 0.1) is 0 Å². The van der Waals surface area contributed by atoms with E-state index in [2.05, 4.69) is 16.8 Å². The van der Waals surface area contributed by atoms with Crippen molar-refractivity contribution in [1.82, 2.24) is 10.2 Å². The SMILES string of the molecule is [CH]1CCC2(CC2N2CC23CCCC3)N1. The Morgan fingerprint density at radius 1 is 1.21 bits per heavy atom. The maximum atomic E-state index is 3.62. The first kappa shape index (κ1) is 8.12. The van der Waals surface area contributed by atoms with Crippen molar-refractivity contribution in [2.45, 2.75) is 62.1 Å². The van der Waals surface area contributed by atoms with Crippen molar-refractivity contribution in [3.63, 3.8) is 0 Å². The molecule has 14 heavy (non-hydrogen) atoms. The molecule has 2 heterocycles. The zero-order valence-corrected chi connectivity index (χ0v) is 8.76. The Morgan fingerprint density at radius 3 is 2.79 bits per heavy atom. The summed E-state index contributed by atoms with van der Waals surface area (Å²) in [5.74, 6) is 0. The summed E-state index contributed by atoms with van der Waals surface area (Å²) in [7, 11) is 0. The quantitative estimate of drug-likeness (QED) is 0.634. The van der Waals surface area contributed by atoms with Crippen LogP contribution >= 0.6 is 0 Å². The molecule has 0 amide bonds. The van der Waals surface area contributed by atoms with Crippen LogP contribution in [-0.2, 0) is 0 Å². The summed E-state index contributed by atoms with van der Waals surface area (Å²) in [6, 6.07) is 0.902. The molecule has 4 aliphatic rings. The van der Waals surface area contributed by atoms with E-state index in [9.17, 15) is 0 Å². The molecule has 2 nitrogen and oxygen atoms in total. The van der Waals surface area contributed by atoms with Crippen LogP contribution in [0.25, 0.3) is 0 Å². The minimum atomic E-state index is 0.548. The van der Waals surface area contributed by atoms with Gasteiger partial charge in [-0.25, -0.2) is 0 Å². The van der Waals surface area contributed by atoms with Crippen molar-refractivity contribution in [1.29, 1.82) is 0 Å². The average molecular weight is 191 g/mol. The summed E-state index contributed by atoms with van der Waals surface area (Å²) in [6.07, 6.45) is 10.0. The Morgan fingerprint density at radius 2 is 2.07 bits per heavy atom. The lowest BCUT2D eigenvalue weighted by Gasteiger charge is -2.14. The molecule has 2 aliphatic carbocycles. The molecule has 4 fully saturated rings. The van der Waals surface area contributed by atoms with Gasteiger partial charge in [0.1, 0.15) is 0 Å². The molecule has 2 saturated heterocycles. The minimum Gasteiger partial charge on any atom is -0.305 e. The third-order valence-corrected chi connectivity index (χ3v) is 5.04. The fourth-order valence-electron chi connectivity index (χ4n) is 4.00. The topological polar surface area (TPSA) is 15.0 Å². The Kier molecular flexibility index (Phi) is 1.37. The van der Waals surface area contributed by atoms with Crippen molar-refractivity contribution in [3.05, 3.63) is 6.54 Å². The van der Waals surface area contributed by atoms with Crippen molar-refractivity contribution in [3.8, 4) is 0 Å². The van der Waals surface area contributed by atoms with E-state index in [0.29, 0.717) is 11.1 Å². The lowest BCUT2D eigenvalue weighted by atomic mass is 10.1. The molecule has 0 aromatic carbocycles. The van der Waals surface area contributed by atoms with E-state index in [1.165, 1.54) is 51.5 Å². The molecule has 2 aliphatic heterocycles. The van der Waals surface area contributed by atoms with Gasteiger partial charge in [0.15, 0.2) is 0 Å². The van der Waals surface area contributed by atoms with Crippen LogP contribution in [0.1, 0.15) is 44.9 Å². The summed E-state index contributed by atoms with van der Waals surface area (Å²) >= 11 is 0. The molecular formula is C12H19N2. The number of rotatable bonds is 1. The number of nitrogens with one attached hydrogen (secondary N) is 1. The first-order valence-corrected chi connectivity index (χ1v) is 6.21. The number of hydrogen-bond acceptors (Lipinski definition) is 2. The maximum Gasteiger partial charge on any atom is 0.0357 e. The molecule has 2 heteroatoms. The molecule has 1 N–H and O–H groups in total. The molecule has 3 unspecified atom stereocenters. The van der Waals surface area contributed by atoms with E-state index >= 15 is 0 Å². The van der Waals surface area contributed by atoms with E-state index in [-0.39, 0.29) is 0 Å². The molecule has 3 atom stereocenters. The molecule has 0 aromatic rings. The van der Waals surface area contributed by atoms with Crippen LogP contribution in [0.3, 0.4) is 0 Å². The van der Waals surface area contributed by atoms with Crippen molar-refractivity contribution in [2.75, 3.05) is 6.54 Å². The third kappa shape index (κ3) is 0.892. The maximum absolute atomic E-state index is 3.62. The van der Waals surface area contributed by atoms with E-state index in [1.807, 2.05) is 0 Å². The third-order valence-electron chi connectivity index (χ3n) is 5.04. The van der Waals surface area contributed by atoms with Gasteiger partial charge in [0.25, 0.3) is 0 Å². The van der Waals surface area contributed by atoms with Crippen LogP contribution in [0, 0.1) is 6.54 Å². The Bertz CT molecular complexity index is 233. The van der Waals surface area contributed by atoms with E-state index in [4.69, 9.17) is 0 Å². The van der Waals surface area contributed by atoms with Crippen LogP contribution in [0.15, 0.2) is 0 Å². The molecule has 2 spiro atoms. The van der Waals surface area contributed by atoms with Crippen LogP contribution in [0.5, 0.6) is 0 Å². The largest absolute Gasteiger partial charge is 0.305 e. The van der Waals surface area contributed by atoms with E-state index < -0.39 is 0 Å². The van der Waals surface area contributed by atoms with Crippen LogP contribution in [-0.4, -0.2) is 28.6 Å². The van der Waals surface area contributed by atoms with Crippen LogP contribution < -0.4 is 5.32 Å². The van der Waals surface area contributed by atoms with Gasteiger partial charge in [-0.15, -0.1) is 0 Å². The molecule has 1 radical (unpaired) electrons. The highest BCUT2D eigenvalue weighted by Crippen LogP contribution is 2.58. The molecule has 0 bridgehead atoms. The summed E-state index contributed by atoms with van der Waals surface area (Å²) in [4.78, 5) is 2.81. The first-order valence-electron chi connectivity index (χ1n) is 6.21. The van der Waals surface area contributed by atoms with E-state index in [0.717, 1.165) is 6.04 Å². The number of hydrogen-bond donors (Lipinski definition) is 1. The van der Waals surface area contributed by atoms with Crippen molar-refractivity contribution in [2.24, 2.45) is 0 Å². The van der Waals surface area contributed by atoms with Crippen LogP contribution in [0.2, 0.25) is 0 Å². The van der Waals surface area contributed by atoms with Gasteiger partial charge < -0.3 is 5.32 Å². The second-order valence-electron chi connectivity index (χ2n) is 5.82. The fraction of sp³-hybridized carbons (Fsp3) is 0.917. The first-order chi connectivity index (χ1) is 6.85. The van der Waals surface area contributed by atoms with Gasteiger partial charge in [-0.2, -0.15) is 0 Å². The second-order valence-corrected chi connectivity index (χ2v) is 5.82. The average Bonchev–Trinajstić information content (AvgIpc) is 2.82. The number of nitrogens with zero attached hydrogens (tertiary/aromatic N) is 1. The standard InChI is InChI=1S/C12H19N2/c1-2-5-11(4-1)9-14(11)10-8-12(10)6-3-7-13-12/h7,10,13H,1-6,8-9H2. The van der Waals surface area contributed by atoms with Crippen molar-refractivity contribution < 1.29 is 0 Å². The van der Waals surface area contributed by atoms with Gasteiger partial charge in [-0.05, 0) is 32.1 Å². The molecule has 77 valence electrons. The lowest BCUT2D eigenvalue weighted by molar-refractivity contribution is 0.362. The Hall–Kier alpha value is -0.0800. The highest BCUT2D eigenvalue weighted by atomic mass is 15.4. The van der Waals surface area contributed by atoms with E-state index in [1.54, 1.807) is 0 Å². The molecule has 0 aromatic heterocycles. The van der Waals surface area contributed by atoms with Gasteiger partial charge in [0.2, 0.25) is 0 Å². The molecular weight excluding hydrogens is 172 g/mol. The van der Waals surface area contributed by atoms with Gasteiger partial charge >= 0.3 is 0 Å². The Balaban J connectivity index is 1.48. The summed E-state index contributed by atoms with van der Waals surface area (Å²) in [6.45, 7) is 3.70. The van der Waals surface area contributed by atoms with Gasteiger partial charge in [-0.1, -0.05) is 12.8 Å². The summed E-state index contributed by atoms with van der Waals surface area (Å²) in [5, 5.41) is 3.62. The minimum absolute atomic E-state index is 0.548. The summed E-state index contributed by atoms with van der Waals surface area (Å²) in [5.41, 5.74) is 1.25. The predicted octanol–water partition coefficient (Wildman–Crippen LogP) is 1.67. The smallest absolute Gasteiger partial charge is 0.0357 e. The zero-order valence-electron chi connectivity index (χ0n) is 8.76. The van der Waals surface area contributed by atoms with Crippen molar-refractivity contribution >= 4 is 0 Å². The van der Waals surface area contributed by atoms with Crippen LogP contribution in [0.4, 0.5) is 0 Å². The fourth-order valence-corrected chi connectivity index (χ4v) is 4.00. The monoisotopic (exact) mass is 191 g/mol. The highest BCUT2D eigenvalue weighted by Gasteiger charge is 2.68. The Labute approximate surface area is 86.0 Å². The van der Waals surface area contributed by atoms with Gasteiger partial charge in [0, 0.05) is 30.2 Å².